The number of aliphatic hydroxyl groups excluding tert-OH is 1. The lowest BCUT2D eigenvalue weighted by atomic mass is 9.85. The molecule has 0 spiro atoms. The molecule has 0 radical (unpaired) electrons. The number of ether oxygens (including phenoxy) is 2. The maximum absolute atomic E-state index is 8.94. The van der Waals surface area contributed by atoms with E-state index in [1.807, 2.05) is 26.0 Å². The average Bonchev–Trinajstić information content (AvgIpc) is 2.35. The Kier molecular flexibility index (Phi) is 3.78. The molecule has 100 valence electrons. The second-order valence-electron chi connectivity index (χ2n) is 5.06. The van der Waals surface area contributed by atoms with Crippen molar-refractivity contribution in [1.29, 1.82) is 0 Å². The lowest BCUT2D eigenvalue weighted by molar-refractivity contribution is 0.171. The topological polar surface area (TPSA) is 64.7 Å². The van der Waals surface area contributed by atoms with Gasteiger partial charge in [0.15, 0.2) is 11.5 Å². The Morgan fingerprint density at radius 3 is 2.50 bits per heavy atom. The molecule has 1 heterocycles. The Bertz CT molecular complexity index is 429. The van der Waals surface area contributed by atoms with Crippen molar-refractivity contribution in [2.75, 3.05) is 19.8 Å². The predicted molar refractivity (Wildman–Crippen MR) is 70.0 cm³/mol. The molecule has 0 saturated carbocycles. The van der Waals surface area contributed by atoms with Gasteiger partial charge in [0.1, 0.15) is 13.2 Å². The zero-order chi connectivity index (χ0) is 13.2. The Labute approximate surface area is 108 Å². The van der Waals surface area contributed by atoms with Crippen molar-refractivity contribution in [2.45, 2.75) is 32.2 Å². The number of nitrogens with two attached hydrogens (primary N) is 1. The summed E-state index contributed by atoms with van der Waals surface area (Å²) in [5.41, 5.74) is 8.05. The van der Waals surface area contributed by atoms with Gasteiger partial charge in [0.25, 0.3) is 0 Å². The standard InChI is InChI=1S/C14H21NO3/c1-10-8-12-13(18-7-6-17-12)9-11(10)14(2,15)4-3-5-16/h8-9,16H,3-7,15H2,1-2H3. The van der Waals surface area contributed by atoms with E-state index in [0.717, 1.165) is 29.0 Å². The van der Waals surface area contributed by atoms with Gasteiger partial charge in [0, 0.05) is 12.1 Å². The first-order chi connectivity index (χ1) is 8.54. The van der Waals surface area contributed by atoms with Gasteiger partial charge in [-0.25, -0.2) is 0 Å². The molecule has 4 heteroatoms. The van der Waals surface area contributed by atoms with Gasteiger partial charge < -0.3 is 20.3 Å². The van der Waals surface area contributed by atoms with Crippen LogP contribution in [0.2, 0.25) is 0 Å². The van der Waals surface area contributed by atoms with E-state index < -0.39 is 5.54 Å². The molecule has 0 saturated heterocycles. The fourth-order valence-electron chi connectivity index (χ4n) is 2.39. The largest absolute Gasteiger partial charge is 0.486 e. The summed E-state index contributed by atoms with van der Waals surface area (Å²) < 4.78 is 11.1. The van der Waals surface area contributed by atoms with E-state index in [1.165, 1.54) is 0 Å². The highest BCUT2D eigenvalue weighted by Gasteiger charge is 2.25. The van der Waals surface area contributed by atoms with Crippen LogP contribution in [0.1, 0.15) is 30.9 Å². The molecule has 4 nitrogen and oxygen atoms in total. The van der Waals surface area contributed by atoms with Gasteiger partial charge in [0.05, 0.1) is 0 Å². The van der Waals surface area contributed by atoms with Gasteiger partial charge in [-0.3, -0.25) is 0 Å². The van der Waals surface area contributed by atoms with Crippen LogP contribution in [0.15, 0.2) is 12.1 Å². The highest BCUT2D eigenvalue weighted by Crippen LogP contribution is 2.37. The van der Waals surface area contributed by atoms with E-state index in [4.69, 9.17) is 20.3 Å². The molecular formula is C14H21NO3. The van der Waals surface area contributed by atoms with Gasteiger partial charge in [0.2, 0.25) is 0 Å². The minimum atomic E-state index is -0.456. The third-order valence-corrected chi connectivity index (χ3v) is 3.36. The first-order valence-corrected chi connectivity index (χ1v) is 6.35. The molecule has 1 aliphatic rings. The summed E-state index contributed by atoms with van der Waals surface area (Å²) in [6.45, 7) is 5.35. The summed E-state index contributed by atoms with van der Waals surface area (Å²) >= 11 is 0. The number of aryl methyl sites for hydroxylation is 1. The van der Waals surface area contributed by atoms with Gasteiger partial charge in [-0.05, 0) is 49.9 Å². The van der Waals surface area contributed by atoms with Crippen LogP contribution in [0.5, 0.6) is 11.5 Å². The van der Waals surface area contributed by atoms with Gasteiger partial charge in [-0.15, -0.1) is 0 Å². The molecule has 0 aromatic heterocycles. The second-order valence-corrected chi connectivity index (χ2v) is 5.06. The van der Waals surface area contributed by atoms with Crippen LogP contribution in [0, 0.1) is 6.92 Å². The van der Waals surface area contributed by atoms with Gasteiger partial charge >= 0.3 is 0 Å². The van der Waals surface area contributed by atoms with Crippen molar-refractivity contribution in [3.63, 3.8) is 0 Å². The van der Waals surface area contributed by atoms with E-state index >= 15 is 0 Å². The van der Waals surface area contributed by atoms with Gasteiger partial charge in [-0.2, -0.15) is 0 Å². The number of fused-ring (bicyclic) bond motifs is 1. The number of hydrogen-bond donors (Lipinski definition) is 2. The smallest absolute Gasteiger partial charge is 0.161 e. The van der Waals surface area contributed by atoms with Crippen molar-refractivity contribution < 1.29 is 14.6 Å². The van der Waals surface area contributed by atoms with Crippen LogP contribution in [0.4, 0.5) is 0 Å². The molecule has 2 rings (SSSR count). The third-order valence-electron chi connectivity index (χ3n) is 3.36. The van der Waals surface area contributed by atoms with E-state index in [-0.39, 0.29) is 6.61 Å². The minimum Gasteiger partial charge on any atom is -0.486 e. The molecule has 1 unspecified atom stereocenters. The van der Waals surface area contributed by atoms with Crippen molar-refractivity contribution in [2.24, 2.45) is 5.73 Å². The molecular weight excluding hydrogens is 230 g/mol. The number of aliphatic hydroxyl groups is 1. The van der Waals surface area contributed by atoms with Crippen LogP contribution in [0.3, 0.4) is 0 Å². The van der Waals surface area contributed by atoms with Gasteiger partial charge in [-0.1, -0.05) is 0 Å². The Balaban J connectivity index is 2.32. The lowest BCUT2D eigenvalue weighted by Gasteiger charge is -2.29. The van der Waals surface area contributed by atoms with Crippen molar-refractivity contribution >= 4 is 0 Å². The second kappa shape index (κ2) is 5.16. The molecule has 1 aromatic rings. The fraction of sp³-hybridized carbons (Fsp3) is 0.571. The first-order valence-electron chi connectivity index (χ1n) is 6.35. The van der Waals surface area contributed by atoms with Crippen LogP contribution in [-0.2, 0) is 5.54 Å². The Morgan fingerprint density at radius 1 is 1.28 bits per heavy atom. The summed E-state index contributed by atoms with van der Waals surface area (Å²) in [7, 11) is 0. The monoisotopic (exact) mass is 251 g/mol. The van der Waals surface area contributed by atoms with Crippen LogP contribution >= 0.6 is 0 Å². The molecule has 3 N–H and O–H groups in total. The molecule has 0 aliphatic carbocycles. The number of rotatable bonds is 4. The maximum atomic E-state index is 8.94. The lowest BCUT2D eigenvalue weighted by Crippen LogP contribution is -2.34. The normalized spacial score (nSPS) is 17.3. The number of benzene rings is 1. The van der Waals surface area contributed by atoms with E-state index in [2.05, 4.69) is 0 Å². The summed E-state index contributed by atoms with van der Waals surface area (Å²) in [6, 6.07) is 3.95. The zero-order valence-electron chi connectivity index (χ0n) is 11.0. The van der Waals surface area contributed by atoms with Crippen LogP contribution < -0.4 is 15.2 Å². The third kappa shape index (κ3) is 2.60. The van der Waals surface area contributed by atoms with Crippen molar-refractivity contribution in [3.8, 4) is 11.5 Å². The highest BCUT2D eigenvalue weighted by atomic mass is 16.6. The van der Waals surface area contributed by atoms with E-state index in [1.54, 1.807) is 0 Å². The summed E-state index contributed by atoms with van der Waals surface area (Å²) in [5, 5.41) is 8.94. The highest BCUT2D eigenvalue weighted by molar-refractivity contribution is 5.49. The Morgan fingerprint density at radius 2 is 1.89 bits per heavy atom. The minimum absolute atomic E-state index is 0.163. The molecule has 0 amide bonds. The van der Waals surface area contributed by atoms with Crippen LogP contribution in [0.25, 0.3) is 0 Å². The van der Waals surface area contributed by atoms with Crippen molar-refractivity contribution in [1.82, 2.24) is 0 Å². The van der Waals surface area contributed by atoms with Crippen LogP contribution in [-0.4, -0.2) is 24.9 Å². The predicted octanol–water partition coefficient (Wildman–Crippen LogP) is 1.71. The summed E-state index contributed by atoms with van der Waals surface area (Å²) in [6.07, 6.45) is 1.44. The molecule has 0 fully saturated rings. The first kappa shape index (κ1) is 13.2. The van der Waals surface area contributed by atoms with E-state index in [9.17, 15) is 0 Å². The molecule has 1 aromatic carbocycles. The molecule has 0 bridgehead atoms. The zero-order valence-corrected chi connectivity index (χ0v) is 11.0. The Hall–Kier alpha value is -1.26. The fourth-order valence-corrected chi connectivity index (χ4v) is 2.39. The van der Waals surface area contributed by atoms with Crippen molar-refractivity contribution in [3.05, 3.63) is 23.3 Å². The molecule has 1 atom stereocenters. The van der Waals surface area contributed by atoms with E-state index in [0.29, 0.717) is 19.6 Å². The number of hydrogen-bond acceptors (Lipinski definition) is 4. The average molecular weight is 251 g/mol. The SMILES string of the molecule is Cc1cc2c(cc1C(C)(N)CCCO)OCCO2. The molecule has 18 heavy (non-hydrogen) atoms. The summed E-state index contributed by atoms with van der Waals surface area (Å²) in [5.74, 6) is 1.56. The summed E-state index contributed by atoms with van der Waals surface area (Å²) in [4.78, 5) is 0. The molecule has 1 aliphatic heterocycles. The maximum Gasteiger partial charge on any atom is 0.161 e. The quantitative estimate of drug-likeness (QED) is 0.855.